The van der Waals surface area contributed by atoms with Gasteiger partial charge in [0.05, 0.1) is 12.3 Å². The highest BCUT2D eigenvalue weighted by Gasteiger charge is 2.24. The van der Waals surface area contributed by atoms with Gasteiger partial charge in [-0.05, 0) is 42.3 Å². The average Bonchev–Trinajstić information content (AvgIpc) is 3.40. The van der Waals surface area contributed by atoms with Crippen molar-refractivity contribution in [3.63, 3.8) is 0 Å². The van der Waals surface area contributed by atoms with Crippen molar-refractivity contribution in [3.8, 4) is 0 Å². The molecule has 1 N–H and O–H groups in total. The Morgan fingerprint density at radius 3 is 2.53 bits per heavy atom. The molecule has 3 aromatic heterocycles. The zero-order valence-electron chi connectivity index (χ0n) is 19.7. The molecular weight excluding hydrogens is 485 g/mol. The van der Waals surface area contributed by atoms with Crippen molar-refractivity contribution >= 4 is 40.3 Å². The maximum absolute atomic E-state index is 13.4. The van der Waals surface area contributed by atoms with Crippen LogP contribution in [0.2, 0.25) is 0 Å². The van der Waals surface area contributed by atoms with Crippen LogP contribution < -0.4 is 16.6 Å². The van der Waals surface area contributed by atoms with E-state index in [0.29, 0.717) is 22.3 Å². The minimum absolute atomic E-state index is 0.0398. The number of thioether (sulfide) groups is 1. The predicted octanol–water partition coefficient (Wildman–Crippen LogP) is 2.31. The zero-order valence-corrected chi connectivity index (χ0v) is 20.5. The lowest BCUT2D eigenvalue weighted by Crippen LogP contribution is -2.37. The lowest BCUT2D eigenvalue weighted by atomic mass is 10.2. The first-order chi connectivity index (χ1) is 17.2. The summed E-state index contributed by atoms with van der Waals surface area (Å²) < 4.78 is 19.1. The molecule has 2 aromatic carbocycles. The van der Waals surface area contributed by atoms with Crippen molar-refractivity contribution in [2.75, 3.05) is 11.1 Å². The highest BCUT2D eigenvalue weighted by molar-refractivity contribution is 7.99. The van der Waals surface area contributed by atoms with E-state index in [1.165, 1.54) is 23.7 Å². The van der Waals surface area contributed by atoms with E-state index in [4.69, 9.17) is 0 Å². The first-order valence-electron chi connectivity index (χ1n) is 11.0. The van der Waals surface area contributed by atoms with Crippen molar-refractivity contribution in [2.45, 2.75) is 18.6 Å². The number of nitrogens with zero attached hydrogens (tertiary/aromatic N) is 6. The predicted molar refractivity (Wildman–Crippen MR) is 135 cm³/mol. The number of aromatic nitrogens is 6. The van der Waals surface area contributed by atoms with Crippen LogP contribution in [0.5, 0.6) is 0 Å². The quantitative estimate of drug-likeness (QED) is 0.354. The second-order valence-electron chi connectivity index (χ2n) is 8.41. The Labute approximate surface area is 208 Å². The van der Waals surface area contributed by atoms with E-state index in [9.17, 15) is 18.8 Å². The zero-order chi connectivity index (χ0) is 25.6. The van der Waals surface area contributed by atoms with Gasteiger partial charge in [0.25, 0.3) is 5.56 Å². The van der Waals surface area contributed by atoms with Gasteiger partial charge in [0.1, 0.15) is 5.82 Å². The third-order valence-electron chi connectivity index (χ3n) is 5.84. The molecule has 12 heteroatoms. The first kappa shape index (κ1) is 23.5. The number of nitrogens with one attached hydrogen (secondary N) is 1. The number of aryl methyl sites for hydroxylation is 2. The Balaban J connectivity index is 1.57. The van der Waals surface area contributed by atoms with Crippen LogP contribution in [0, 0.1) is 12.7 Å². The second-order valence-corrected chi connectivity index (χ2v) is 9.36. The Hall–Kier alpha value is -4.19. The summed E-state index contributed by atoms with van der Waals surface area (Å²) in [4.78, 5) is 38.5. The van der Waals surface area contributed by atoms with Gasteiger partial charge in [0.2, 0.25) is 11.7 Å². The standard InChI is InChI=1S/C24H22FN7O3S/c1-14-5-4-6-17(11-14)26-18(33)13-36-23-28-27-22-31(12-15-7-9-16(25)10-8-15)19-20(32(22)23)29(2)24(35)30(3)21(19)34/h4-11H,12-13H2,1-3H3,(H,26,33). The lowest BCUT2D eigenvalue weighted by molar-refractivity contribution is -0.113. The van der Waals surface area contributed by atoms with Gasteiger partial charge in [0, 0.05) is 19.8 Å². The van der Waals surface area contributed by atoms with Gasteiger partial charge in [-0.15, -0.1) is 10.2 Å². The third-order valence-corrected chi connectivity index (χ3v) is 6.77. The van der Waals surface area contributed by atoms with E-state index < -0.39 is 11.2 Å². The Morgan fingerprint density at radius 2 is 1.81 bits per heavy atom. The number of fused-ring (bicyclic) bond motifs is 3. The fourth-order valence-corrected chi connectivity index (χ4v) is 4.82. The minimum atomic E-state index is -0.504. The molecule has 0 atom stereocenters. The minimum Gasteiger partial charge on any atom is -0.325 e. The van der Waals surface area contributed by atoms with Crippen molar-refractivity contribution in [2.24, 2.45) is 14.1 Å². The van der Waals surface area contributed by atoms with Crippen molar-refractivity contribution < 1.29 is 9.18 Å². The fraction of sp³-hybridized carbons (Fsp3) is 0.208. The summed E-state index contributed by atoms with van der Waals surface area (Å²) in [6.07, 6.45) is 0. The van der Waals surface area contributed by atoms with Gasteiger partial charge >= 0.3 is 5.69 Å². The van der Waals surface area contributed by atoms with Gasteiger partial charge in [-0.2, -0.15) is 0 Å². The largest absolute Gasteiger partial charge is 0.332 e. The van der Waals surface area contributed by atoms with Crippen LogP contribution in [0.25, 0.3) is 16.9 Å². The summed E-state index contributed by atoms with van der Waals surface area (Å²) in [7, 11) is 2.97. The summed E-state index contributed by atoms with van der Waals surface area (Å²) in [6, 6.07) is 13.4. The van der Waals surface area contributed by atoms with Crippen LogP contribution in [0.15, 0.2) is 63.3 Å². The monoisotopic (exact) mass is 507 g/mol. The van der Waals surface area contributed by atoms with Gasteiger partial charge < -0.3 is 5.32 Å². The maximum Gasteiger partial charge on any atom is 0.332 e. The van der Waals surface area contributed by atoms with Crippen molar-refractivity contribution in [1.29, 1.82) is 0 Å². The molecule has 0 spiro atoms. The van der Waals surface area contributed by atoms with Crippen LogP contribution >= 0.6 is 11.8 Å². The molecule has 0 unspecified atom stereocenters. The van der Waals surface area contributed by atoms with Gasteiger partial charge in [-0.25, -0.2) is 13.6 Å². The Morgan fingerprint density at radius 1 is 1.06 bits per heavy atom. The summed E-state index contributed by atoms with van der Waals surface area (Å²) >= 11 is 1.14. The molecule has 5 rings (SSSR count). The van der Waals surface area contributed by atoms with Gasteiger partial charge in [0.15, 0.2) is 16.3 Å². The molecule has 184 valence electrons. The molecule has 36 heavy (non-hydrogen) atoms. The number of benzene rings is 2. The van der Waals surface area contributed by atoms with Crippen LogP contribution in [-0.4, -0.2) is 40.0 Å². The maximum atomic E-state index is 13.4. The molecule has 0 saturated heterocycles. The number of imidazole rings is 1. The number of hydrogen-bond acceptors (Lipinski definition) is 6. The summed E-state index contributed by atoms with van der Waals surface area (Å²) in [5.41, 5.74) is 2.02. The number of carbonyl (C=O) groups excluding carboxylic acids is 1. The molecular formula is C24H22FN7O3S. The Kier molecular flexibility index (Phi) is 5.96. The summed E-state index contributed by atoms with van der Waals surface area (Å²) in [5.74, 6) is -0.237. The normalized spacial score (nSPS) is 11.4. The number of rotatable bonds is 6. The van der Waals surface area contributed by atoms with E-state index >= 15 is 0 Å². The number of anilines is 1. The molecule has 0 aliphatic heterocycles. The highest BCUT2D eigenvalue weighted by Crippen LogP contribution is 2.25. The number of carbonyl (C=O) groups is 1. The molecule has 0 fully saturated rings. The first-order valence-corrected chi connectivity index (χ1v) is 12.0. The molecule has 0 aliphatic rings. The van der Waals surface area contributed by atoms with Crippen LogP contribution in [0.1, 0.15) is 11.1 Å². The molecule has 3 heterocycles. The van der Waals surface area contributed by atoms with Crippen LogP contribution in [0.3, 0.4) is 0 Å². The van der Waals surface area contributed by atoms with Crippen LogP contribution in [-0.2, 0) is 25.4 Å². The summed E-state index contributed by atoms with van der Waals surface area (Å²) in [5, 5.41) is 11.7. The van der Waals surface area contributed by atoms with Gasteiger partial charge in [-0.1, -0.05) is 36.0 Å². The van der Waals surface area contributed by atoms with E-state index in [-0.39, 0.29) is 29.5 Å². The third kappa shape index (κ3) is 4.09. The topological polar surface area (TPSA) is 108 Å². The molecule has 0 saturated carbocycles. The smallest absolute Gasteiger partial charge is 0.325 e. The molecule has 0 aliphatic carbocycles. The molecule has 1 amide bonds. The number of hydrogen-bond donors (Lipinski definition) is 1. The summed E-state index contributed by atoms with van der Waals surface area (Å²) in [6.45, 7) is 2.14. The van der Waals surface area contributed by atoms with E-state index in [0.717, 1.165) is 27.5 Å². The highest BCUT2D eigenvalue weighted by atomic mass is 32.2. The molecule has 0 radical (unpaired) electrons. The lowest BCUT2D eigenvalue weighted by Gasteiger charge is -2.08. The van der Waals surface area contributed by atoms with E-state index in [1.807, 2.05) is 25.1 Å². The molecule has 10 nitrogen and oxygen atoms in total. The van der Waals surface area contributed by atoms with Crippen molar-refractivity contribution in [3.05, 3.63) is 86.3 Å². The van der Waals surface area contributed by atoms with E-state index in [2.05, 4.69) is 15.5 Å². The SMILES string of the molecule is Cc1cccc(NC(=O)CSc2nnc3n(Cc4ccc(F)cc4)c4c(=O)n(C)c(=O)n(C)c4n23)c1. The van der Waals surface area contributed by atoms with Crippen molar-refractivity contribution in [1.82, 2.24) is 28.3 Å². The number of amides is 1. The van der Waals surface area contributed by atoms with E-state index in [1.54, 1.807) is 34.2 Å². The second kappa shape index (κ2) is 9.11. The molecule has 5 aromatic rings. The fourth-order valence-electron chi connectivity index (χ4n) is 4.10. The van der Waals surface area contributed by atoms with Crippen LogP contribution in [0.4, 0.5) is 10.1 Å². The molecule has 0 bridgehead atoms. The average molecular weight is 508 g/mol. The Bertz CT molecular complexity index is 1750. The number of halogens is 1. The van der Waals surface area contributed by atoms with Gasteiger partial charge in [-0.3, -0.25) is 23.3 Å².